The van der Waals surface area contributed by atoms with Crippen molar-refractivity contribution in [3.05, 3.63) is 102 Å². The summed E-state index contributed by atoms with van der Waals surface area (Å²) in [5.41, 5.74) is 2.38. The van der Waals surface area contributed by atoms with Gasteiger partial charge >= 0.3 is 0 Å². The lowest BCUT2D eigenvalue weighted by Gasteiger charge is -2.47. The highest BCUT2D eigenvalue weighted by Crippen LogP contribution is 2.45. The van der Waals surface area contributed by atoms with Crippen LogP contribution in [-0.4, -0.2) is 11.0 Å². The fraction of sp³-hybridized carbons (Fsp3) is 0.125. The third-order valence-corrected chi connectivity index (χ3v) is 5.12. The second-order valence-electron chi connectivity index (χ2n) is 7.02. The van der Waals surface area contributed by atoms with Crippen LogP contribution in [0.25, 0.3) is 6.08 Å². The Hall–Kier alpha value is -3.47. The maximum Gasteiger partial charge on any atom is 0.233 e. The Morgan fingerprint density at radius 2 is 1.45 bits per heavy atom. The number of rotatable bonds is 5. The standard InChI is InChI=1S/C24H19F2NO2/c25-18-8-4-16(5-9-18)2-1-3-22-23(17-6-14-21(28)15-7-17)27(24(22)29)20-12-10-19(26)11-13-20/h1-2,4-15,22-23,28H,3H2/b2-1+/t22-,23-/m1/s1. The summed E-state index contributed by atoms with van der Waals surface area (Å²) in [6, 6.07) is 18.5. The molecule has 1 aliphatic heterocycles. The number of carbonyl (C=O) groups is 1. The summed E-state index contributed by atoms with van der Waals surface area (Å²) in [6.07, 6.45) is 4.28. The topological polar surface area (TPSA) is 40.5 Å². The van der Waals surface area contributed by atoms with Crippen LogP contribution in [0.1, 0.15) is 23.6 Å². The van der Waals surface area contributed by atoms with E-state index in [2.05, 4.69) is 0 Å². The van der Waals surface area contributed by atoms with E-state index in [1.165, 1.54) is 24.3 Å². The summed E-state index contributed by atoms with van der Waals surface area (Å²) in [5, 5.41) is 9.59. The Morgan fingerprint density at radius 3 is 2.07 bits per heavy atom. The Bertz CT molecular complexity index is 1030. The molecule has 0 bridgehead atoms. The largest absolute Gasteiger partial charge is 0.508 e. The van der Waals surface area contributed by atoms with E-state index in [1.54, 1.807) is 53.4 Å². The van der Waals surface area contributed by atoms with Crippen LogP contribution < -0.4 is 4.90 Å². The molecule has 1 amide bonds. The van der Waals surface area contributed by atoms with Crippen molar-refractivity contribution < 1.29 is 18.7 Å². The number of carbonyl (C=O) groups excluding carboxylic acids is 1. The highest BCUT2D eigenvalue weighted by molar-refractivity contribution is 6.03. The Kier molecular flexibility index (Phi) is 5.12. The first-order chi connectivity index (χ1) is 14.0. The zero-order chi connectivity index (χ0) is 20.4. The van der Waals surface area contributed by atoms with Crippen LogP contribution in [0.15, 0.2) is 78.9 Å². The van der Waals surface area contributed by atoms with Crippen molar-refractivity contribution in [1.82, 2.24) is 0 Å². The third-order valence-electron chi connectivity index (χ3n) is 5.12. The summed E-state index contributed by atoms with van der Waals surface area (Å²) < 4.78 is 26.3. The van der Waals surface area contributed by atoms with Gasteiger partial charge in [-0.1, -0.05) is 36.4 Å². The van der Waals surface area contributed by atoms with Crippen LogP contribution in [0, 0.1) is 17.6 Å². The number of β-lactam (4-membered cyclic amide) rings is 1. The minimum absolute atomic E-state index is 0.0431. The van der Waals surface area contributed by atoms with Crippen molar-refractivity contribution in [3.8, 4) is 5.75 Å². The molecule has 1 aliphatic rings. The van der Waals surface area contributed by atoms with Gasteiger partial charge in [-0.25, -0.2) is 8.78 Å². The predicted molar refractivity (Wildman–Crippen MR) is 108 cm³/mol. The molecule has 1 N–H and O–H groups in total. The number of phenolic OH excluding ortho intramolecular Hbond substituents is 1. The first-order valence-corrected chi connectivity index (χ1v) is 9.32. The molecule has 2 atom stereocenters. The Balaban J connectivity index is 1.58. The lowest BCUT2D eigenvalue weighted by atomic mass is 9.79. The Morgan fingerprint density at radius 1 is 0.862 bits per heavy atom. The van der Waals surface area contributed by atoms with Crippen molar-refractivity contribution in [2.75, 3.05) is 4.90 Å². The number of hydrogen-bond acceptors (Lipinski definition) is 2. The molecule has 3 aromatic rings. The van der Waals surface area contributed by atoms with E-state index in [4.69, 9.17) is 0 Å². The number of phenols is 1. The van der Waals surface area contributed by atoms with Crippen molar-refractivity contribution >= 4 is 17.7 Å². The van der Waals surface area contributed by atoms with E-state index in [9.17, 15) is 18.7 Å². The first-order valence-electron chi connectivity index (χ1n) is 9.32. The highest BCUT2D eigenvalue weighted by atomic mass is 19.1. The molecule has 0 aliphatic carbocycles. The summed E-state index contributed by atoms with van der Waals surface area (Å²) in [5.74, 6) is -0.819. The molecule has 3 nitrogen and oxygen atoms in total. The molecule has 4 rings (SSSR count). The second-order valence-corrected chi connectivity index (χ2v) is 7.02. The molecule has 0 spiro atoms. The molecule has 0 aromatic heterocycles. The van der Waals surface area contributed by atoms with Crippen LogP contribution in [-0.2, 0) is 4.79 Å². The van der Waals surface area contributed by atoms with E-state index in [0.29, 0.717) is 12.1 Å². The number of amides is 1. The van der Waals surface area contributed by atoms with Gasteiger partial charge in [0.25, 0.3) is 0 Å². The van der Waals surface area contributed by atoms with E-state index in [0.717, 1.165) is 11.1 Å². The van der Waals surface area contributed by atoms with Crippen molar-refractivity contribution in [1.29, 1.82) is 0 Å². The van der Waals surface area contributed by atoms with Crippen LogP contribution in [0.4, 0.5) is 14.5 Å². The predicted octanol–water partition coefficient (Wildman–Crippen LogP) is 5.48. The number of benzene rings is 3. The molecule has 1 fully saturated rings. The van der Waals surface area contributed by atoms with Gasteiger partial charge in [0, 0.05) is 5.69 Å². The molecule has 5 heteroatoms. The monoisotopic (exact) mass is 391 g/mol. The number of allylic oxidation sites excluding steroid dienone is 1. The van der Waals surface area contributed by atoms with Gasteiger partial charge in [0.05, 0.1) is 12.0 Å². The van der Waals surface area contributed by atoms with Gasteiger partial charge in [-0.3, -0.25) is 4.79 Å². The summed E-state index contributed by atoms with van der Waals surface area (Å²) in [4.78, 5) is 14.5. The van der Waals surface area contributed by atoms with Gasteiger partial charge in [-0.2, -0.15) is 0 Å². The smallest absolute Gasteiger partial charge is 0.233 e. The summed E-state index contributed by atoms with van der Waals surface area (Å²) >= 11 is 0. The molecule has 29 heavy (non-hydrogen) atoms. The summed E-state index contributed by atoms with van der Waals surface area (Å²) in [7, 11) is 0. The highest BCUT2D eigenvalue weighted by Gasteiger charge is 2.47. The number of hydrogen-bond donors (Lipinski definition) is 1. The summed E-state index contributed by atoms with van der Waals surface area (Å²) in [6.45, 7) is 0. The molecule has 0 unspecified atom stereocenters. The first kappa shape index (κ1) is 18.9. The zero-order valence-electron chi connectivity index (χ0n) is 15.5. The molecule has 0 saturated carbocycles. The van der Waals surface area contributed by atoms with Crippen LogP contribution in [0.5, 0.6) is 5.75 Å². The van der Waals surface area contributed by atoms with E-state index >= 15 is 0 Å². The fourth-order valence-corrected chi connectivity index (χ4v) is 3.65. The molecular weight excluding hydrogens is 372 g/mol. The van der Waals surface area contributed by atoms with Gasteiger partial charge in [0.15, 0.2) is 0 Å². The SMILES string of the molecule is O=C1[C@H](C/C=C/c2ccc(F)cc2)[C@@H](c2ccc(O)cc2)N1c1ccc(F)cc1. The number of nitrogens with zero attached hydrogens (tertiary/aromatic N) is 1. The van der Waals surface area contributed by atoms with Crippen molar-refractivity contribution in [3.63, 3.8) is 0 Å². The Labute approximate surface area is 167 Å². The number of anilines is 1. The van der Waals surface area contributed by atoms with Crippen LogP contribution >= 0.6 is 0 Å². The van der Waals surface area contributed by atoms with Gasteiger partial charge in [-0.15, -0.1) is 0 Å². The van der Waals surface area contributed by atoms with E-state index < -0.39 is 0 Å². The van der Waals surface area contributed by atoms with Crippen molar-refractivity contribution in [2.45, 2.75) is 12.5 Å². The van der Waals surface area contributed by atoms with Gasteiger partial charge in [-0.05, 0) is 66.1 Å². The van der Waals surface area contributed by atoms with Gasteiger partial charge in [0.1, 0.15) is 17.4 Å². The third kappa shape index (κ3) is 3.90. The quantitative estimate of drug-likeness (QED) is 0.585. The molecule has 1 saturated heterocycles. The zero-order valence-corrected chi connectivity index (χ0v) is 15.5. The number of aromatic hydroxyl groups is 1. The lowest BCUT2D eigenvalue weighted by Crippen LogP contribution is -2.55. The maximum atomic E-state index is 13.3. The molecule has 0 radical (unpaired) electrons. The molecular formula is C24H19F2NO2. The maximum absolute atomic E-state index is 13.3. The lowest BCUT2D eigenvalue weighted by molar-refractivity contribution is -0.130. The fourth-order valence-electron chi connectivity index (χ4n) is 3.65. The molecule has 1 heterocycles. The second kappa shape index (κ2) is 7.87. The average molecular weight is 391 g/mol. The van der Waals surface area contributed by atoms with Crippen molar-refractivity contribution in [2.24, 2.45) is 5.92 Å². The molecule has 146 valence electrons. The number of halogens is 2. The van der Waals surface area contributed by atoms with Crippen LogP contribution in [0.2, 0.25) is 0 Å². The molecule has 3 aromatic carbocycles. The normalized spacial score (nSPS) is 18.8. The van der Waals surface area contributed by atoms with E-state index in [1.807, 2.05) is 12.2 Å². The van der Waals surface area contributed by atoms with E-state index in [-0.39, 0.29) is 35.3 Å². The minimum atomic E-state index is -0.360. The van der Waals surface area contributed by atoms with Gasteiger partial charge < -0.3 is 10.0 Å². The van der Waals surface area contributed by atoms with Crippen LogP contribution in [0.3, 0.4) is 0 Å². The minimum Gasteiger partial charge on any atom is -0.508 e. The average Bonchev–Trinajstić information content (AvgIpc) is 2.72. The van der Waals surface area contributed by atoms with Gasteiger partial charge in [0.2, 0.25) is 5.91 Å².